The van der Waals surface area contributed by atoms with Crippen LogP contribution in [-0.2, 0) is 19.5 Å². The Hall–Kier alpha value is -2.46. The highest BCUT2D eigenvalue weighted by Crippen LogP contribution is 2.38. The molecule has 0 bridgehead atoms. The fraction of sp³-hybridized carbons (Fsp3) is 0.250. The third kappa shape index (κ3) is 4.49. The minimum Gasteiger partial charge on any atom is -0.377 e. The van der Waals surface area contributed by atoms with Crippen LogP contribution in [-0.4, -0.2) is 31.8 Å². The molecule has 6 heteroatoms. The second kappa shape index (κ2) is 9.13. The van der Waals surface area contributed by atoms with Crippen molar-refractivity contribution < 1.29 is 0 Å². The van der Waals surface area contributed by atoms with Gasteiger partial charge in [-0.05, 0) is 51.2 Å². The van der Waals surface area contributed by atoms with Crippen LogP contribution in [0.25, 0.3) is 0 Å². The SMILES string of the molecule is CN(C)c1ccc(/C=N\c2sc3c(c2C#N)CCN(Cc2ccccc2)C3)cc1Br. The Morgan fingerprint density at radius 1 is 1.23 bits per heavy atom. The number of halogens is 1. The Kier molecular flexibility index (Phi) is 6.33. The van der Waals surface area contributed by atoms with E-state index in [1.165, 1.54) is 16.0 Å². The van der Waals surface area contributed by atoms with Gasteiger partial charge in [-0.1, -0.05) is 36.4 Å². The molecule has 0 spiro atoms. The molecule has 2 aromatic carbocycles. The first kappa shape index (κ1) is 20.8. The molecule has 4 nitrogen and oxygen atoms in total. The van der Waals surface area contributed by atoms with Crippen molar-refractivity contribution in [2.75, 3.05) is 25.5 Å². The molecule has 0 saturated heterocycles. The Labute approximate surface area is 190 Å². The minimum absolute atomic E-state index is 0.745. The van der Waals surface area contributed by atoms with Crippen LogP contribution in [0.2, 0.25) is 0 Å². The van der Waals surface area contributed by atoms with E-state index in [2.05, 4.69) is 68.2 Å². The monoisotopic (exact) mass is 478 g/mol. The molecule has 1 aliphatic heterocycles. The third-order valence-corrected chi connectivity index (χ3v) is 7.02. The second-order valence-electron chi connectivity index (χ2n) is 7.61. The van der Waals surface area contributed by atoms with E-state index in [9.17, 15) is 5.26 Å². The molecule has 0 N–H and O–H groups in total. The zero-order chi connectivity index (χ0) is 21.1. The number of hydrogen-bond acceptors (Lipinski definition) is 5. The summed E-state index contributed by atoms with van der Waals surface area (Å²) in [6, 6.07) is 19.1. The van der Waals surface area contributed by atoms with E-state index in [1.54, 1.807) is 11.3 Å². The summed E-state index contributed by atoms with van der Waals surface area (Å²) in [4.78, 5) is 10.5. The van der Waals surface area contributed by atoms with Gasteiger partial charge in [0.2, 0.25) is 0 Å². The van der Waals surface area contributed by atoms with Crippen LogP contribution in [0, 0.1) is 11.3 Å². The lowest BCUT2D eigenvalue weighted by atomic mass is 10.0. The number of rotatable bonds is 5. The van der Waals surface area contributed by atoms with Crippen LogP contribution in [0.1, 0.15) is 27.1 Å². The summed E-state index contributed by atoms with van der Waals surface area (Å²) in [6.45, 7) is 2.78. The number of nitriles is 1. The summed E-state index contributed by atoms with van der Waals surface area (Å²) in [5.74, 6) is 0. The minimum atomic E-state index is 0.745. The standard InChI is InChI=1S/C24H23BrN4S/c1-28(2)22-9-8-18(12-21(22)25)14-27-24-20(13-26)19-10-11-29(16-23(19)30-24)15-17-6-4-3-5-7-17/h3-9,12,14H,10-11,15-16H2,1-2H3/b27-14-. The molecular formula is C24H23BrN4S. The van der Waals surface area contributed by atoms with Gasteiger partial charge in [-0.2, -0.15) is 5.26 Å². The molecule has 152 valence electrons. The van der Waals surface area contributed by atoms with Gasteiger partial charge in [-0.25, -0.2) is 4.99 Å². The van der Waals surface area contributed by atoms with Crippen LogP contribution in [0.15, 0.2) is 58.0 Å². The lowest BCUT2D eigenvalue weighted by Gasteiger charge is -2.26. The van der Waals surface area contributed by atoms with Gasteiger partial charge >= 0.3 is 0 Å². The average molecular weight is 479 g/mol. The Morgan fingerprint density at radius 2 is 2.03 bits per heavy atom. The van der Waals surface area contributed by atoms with Gasteiger partial charge in [-0.3, -0.25) is 4.90 Å². The van der Waals surface area contributed by atoms with Crippen molar-refractivity contribution in [1.82, 2.24) is 4.90 Å². The molecule has 4 rings (SSSR count). The highest BCUT2D eigenvalue weighted by atomic mass is 79.9. The lowest BCUT2D eigenvalue weighted by Crippen LogP contribution is -2.29. The van der Waals surface area contributed by atoms with Crippen LogP contribution in [0.3, 0.4) is 0 Å². The van der Waals surface area contributed by atoms with Crippen molar-refractivity contribution in [3.05, 3.63) is 80.1 Å². The molecular weight excluding hydrogens is 456 g/mol. The van der Waals surface area contributed by atoms with Gasteiger partial charge < -0.3 is 4.90 Å². The highest BCUT2D eigenvalue weighted by molar-refractivity contribution is 9.10. The van der Waals surface area contributed by atoms with Crippen LogP contribution < -0.4 is 4.90 Å². The van der Waals surface area contributed by atoms with E-state index in [0.717, 1.165) is 52.3 Å². The van der Waals surface area contributed by atoms with Crippen molar-refractivity contribution in [1.29, 1.82) is 5.26 Å². The van der Waals surface area contributed by atoms with Crippen molar-refractivity contribution in [2.45, 2.75) is 19.5 Å². The summed E-state index contributed by atoms with van der Waals surface area (Å²) < 4.78 is 1.03. The number of fused-ring (bicyclic) bond motifs is 1. The first-order valence-electron chi connectivity index (χ1n) is 9.87. The zero-order valence-corrected chi connectivity index (χ0v) is 19.5. The number of benzene rings is 2. The molecule has 1 aromatic heterocycles. The normalized spacial score (nSPS) is 13.9. The van der Waals surface area contributed by atoms with Gasteiger partial charge in [0.05, 0.1) is 11.3 Å². The van der Waals surface area contributed by atoms with Gasteiger partial charge in [0.1, 0.15) is 11.1 Å². The van der Waals surface area contributed by atoms with Gasteiger partial charge in [0, 0.05) is 49.3 Å². The van der Waals surface area contributed by atoms with E-state index in [0.29, 0.717) is 0 Å². The Balaban J connectivity index is 1.54. The summed E-state index contributed by atoms with van der Waals surface area (Å²) in [6.07, 6.45) is 2.75. The first-order chi connectivity index (χ1) is 14.5. The molecule has 0 aliphatic carbocycles. The Bertz CT molecular complexity index is 1110. The number of nitrogens with zero attached hydrogens (tertiary/aromatic N) is 4. The number of anilines is 1. The summed E-state index contributed by atoms with van der Waals surface area (Å²) >= 11 is 5.27. The van der Waals surface area contributed by atoms with E-state index in [4.69, 9.17) is 4.99 Å². The predicted molar refractivity (Wildman–Crippen MR) is 129 cm³/mol. The first-order valence-corrected chi connectivity index (χ1v) is 11.5. The molecule has 0 fully saturated rings. The molecule has 30 heavy (non-hydrogen) atoms. The van der Waals surface area contributed by atoms with E-state index < -0.39 is 0 Å². The molecule has 1 aliphatic rings. The molecule has 3 aromatic rings. The molecule has 0 amide bonds. The smallest absolute Gasteiger partial charge is 0.134 e. The summed E-state index contributed by atoms with van der Waals surface area (Å²) in [5, 5.41) is 10.6. The second-order valence-corrected chi connectivity index (χ2v) is 9.54. The van der Waals surface area contributed by atoms with Crippen molar-refractivity contribution >= 4 is 44.2 Å². The molecule has 0 atom stereocenters. The number of hydrogen-bond donors (Lipinski definition) is 0. The highest BCUT2D eigenvalue weighted by Gasteiger charge is 2.24. The zero-order valence-electron chi connectivity index (χ0n) is 17.1. The number of aliphatic imine (C=N–C) groups is 1. The topological polar surface area (TPSA) is 42.6 Å². The van der Waals surface area contributed by atoms with Gasteiger partial charge in [-0.15, -0.1) is 11.3 Å². The quantitative estimate of drug-likeness (QED) is 0.437. The molecule has 2 heterocycles. The van der Waals surface area contributed by atoms with Crippen molar-refractivity contribution in [3.63, 3.8) is 0 Å². The molecule has 0 saturated carbocycles. The van der Waals surface area contributed by atoms with Crippen LogP contribution >= 0.6 is 27.3 Å². The van der Waals surface area contributed by atoms with Crippen LogP contribution in [0.4, 0.5) is 10.7 Å². The maximum atomic E-state index is 9.76. The van der Waals surface area contributed by atoms with E-state index in [1.807, 2.05) is 32.4 Å². The van der Waals surface area contributed by atoms with Crippen molar-refractivity contribution in [3.8, 4) is 6.07 Å². The Morgan fingerprint density at radius 3 is 2.73 bits per heavy atom. The third-order valence-electron chi connectivity index (χ3n) is 5.26. The summed E-state index contributed by atoms with van der Waals surface area (Å²) in [5.41, 5.74) is 5.38. The maximum Gasteiger partial charge on any atom is 0.134 e. The van der Waals surface area contributed by atoms with E-state index >= 15 is 0 Å². The van der Waals surface area contributed by atoms with Gasteiger partial charge in [0.15, 0.2) is 0 Å². The fourth-order valence-electron chi connectivity index (χ4n) is 3.72. The van der Waals surface area contributed by atoms with Crippen molar-refractivity contribution in [2.24, 2.45) is 4.99 Å². The number of thiophene rings is 1. The average Bonchev–Trinajstić information content (AvgIpc) is 3.09. The van der Waals surface area contributed by atoms with E-state index in [-0.39, 0.29) is 0 Å². The lowest BCUT2D eigenvalue weighted by molar-refractivity contribution is 0.249. The maximum absolute atomic E-state index is 9.76. The van der Waals surface area contributed by atoms with Crippen LogP contribution in [0.5, 0.6) is 0 Å². The summed E-state index contributed by atoms with van der Waals surface area (Å²) in [7, 11) is 4.04. The largest absolute Gasteiger partial charge is 0.377 e. The molecule has 0 radical (unpaired) electrons. The fourth-order valence-corrected chi connectivity index (χ4v) is 5.66. The van der Waals surface area contributed by atoms with Gasteiger partial charge in [0.25, 0.3) is 0 Å². The predicted octanol–water partition coefficient (Wildman–Crippen LogP) is 5.76. The molecule has 0 unspecified atom stereocenters.